The zero-order valence-corrected chi connectivity index (χ0v) is 13.0. The highest BCUT2D eigenvalue weighted by Crippen LogP contribution is 2.27. The van der Waals surface area contributed by atoms with Gasteiger partial charge in [0.2, 0.25) is 0 Å². The van der Waals surface area contributed by atoms with Crippen LogP contribution in [0.15, 0.2) is 0 Å². The fourth-order valence-electron chi connectivity index (χ4n) is 0. The van der Waals surface area contributed by atoms with E-state index in [0.29, 0.717) is 7.92 Å². The smallest absolute Gasteiger partial charge is 0.0449 e. The molecule has 0 saturated carbocycles. The van der Waals surface area contributed by atoms with Gasteiger partial charge < -0.3 is 0 Å². The lowest BCUT2D eigenvalue weighted by molar-refractivity contribution is 0.737. The Morgan fingerprint density at radius 1 is 0.923 bits per heavy atom. The molecule has 0 aliphatic rings. The van der Waals surface area contributed by atoms with E-state index in [1.807, 2.05) is 0 Å². The normalized spacial score (nSPS) is 10.1. The summed E-state index contributed by atoms with van der Waals surface area (Å²) in [5.41, 5.74) is 0. The molecule has 0 aliphatic carbocycles. The Balaban J connectivity index is -0.000000117. The summed E-state index contributed by atoms with van der Waals surface area (Å²) in [6.07, 6.45) is 3.88. The van der Waals surface area contributed by atoms with Crippen molar-refractivity contribution in [3.8, 4) is 0 Å². The van der Waals surface area contributed by atoms with Crippen LogP contribution in [-0.2, 0) is 0 Å². The van der Waals surface area contributed by atoms with E-state index in [1.165, 1.54) is 0 Å². The highest BCUT2D eigenvalue weighted by atomic mass is 31.2. The highest BCUT2D eigenvalue weighted by molar-refractivity contribution is 7.71. The van der Waals surface area contributed by atoms with Gasteiger partial charge in [0.25, 0.3) is 0 Å². The molecule has 0 heterocycles. The second-order valence-electron chi connectivity index (χ2n) is 5.36. The molecule has 0 radical (unpaired) electrons. The Morgan fingerprint density at radius 3 is 0.923 bits per heavy atom. The predicted octanol–water partition coefficient (Wildman–Crippen LogP) is 4.35. The lowest BCUT2D eigenvalue weighted by Crippen LogP contribution is -1.66. The molecule has 0 aromatic carbocycles. The van der Waals surface area contributed by atoms with Gasteiger partial charge in [0.15, 0.2) is 0 Å². The van der Waals surface area contributed by atoms with Crippen LogP contribution in [0, 0.1) is 5.92 Å². The van der Waals surface area contributed by atoms with Crippen LogP contribution >= 0.6 is 14.8 Å². The molecule has 84 valence electrons. The van der Waals surface area contributed by atoms with Gasteiger partial charge in [-0.15, -0.1) is 21.1 Å². The number of rotatable bonds is 0. The summed E-state index contributed by atoms with van der Waals surface area (Å²) in [7, 11) is 0.380. The van der Waals surface area contributed by atoms with Gasteiger partial charge in [-0.05, 0) is 45.9 Å². The maximum absolute atomic E-state index is 3.88. The Hall–Kier alpha value is 0.730. The molecule has 0 N–H and O–H groups in total. The molecular formula is C11H30P2. The van der Waals surface area contributed by atoms with Gasteiger partial charge in [0, 0.05) is 0 Å². The maximum atomic E-state index is 3.88. The van der Waals surface area contributed by atoms with Gasteiger partial charge in [0.1, 0.15) is 0 Å². The standard InChI is InChI=1S/C4H11P.C4H10.C3H9P/c1-5(2,3)4;2*1-4(2)3/h1H2,2-4H3;4H,1-3H3;1-3H3. The Morgan fingerprint density at radius 2 is 0.923 bits per heavy atom. The lowest BCUT2D eigenvalue weighted by Gasteiger charge is -1.96. The summed E-state index contributed by atoms with van der Waals surface area (Å²) < 4.78 is 0. The molecule has 0 fully saturated rings. The van der Waals surface area contributed by atoms with Crippen LogP contribution in [0.25, 0.3) is 0 Å². The average molecular weight is 224 g/mol. The summed E-state index contributed by atoms with van der Waals surface area (Å²) in [5.74, 6) is 0.833. The summed E-state index contributed by atoms with van der Waals surface area (Å²) in [4.78, 5) is 0. The van der Waals surface area contributed by atoms with Gasteiger partial charge in [-0.25, -0.2) is 0 Å². The van der Waals surface area contributed by atoms with Crippen molar-refractivity contribution in [2.75, 3.05) is 40.0 Å². The molecule has 0 nitrogen and oxygen atoms in total. The first-order valence-electron chi connectivity index (χ1n) is 4.73. The van der Waals surface area contributed by atoms with Crippen LogP contribution in [0.5, 0.6) is 0 Å². The predicted molar refractivity (Wildman–Crippen MR) is 77.0 cm³/mol. The zero-order valence-electron chi connectivity index (χ0n) is 11.2. The molecule has 0 atom stereocenters. The van der Waals surface area contributed by atoms with Gasteiger partial charge >= 0.3 is 0 Å². The minimum Gasteiger partial charge on any atom is -0.121 e. The van der Waals surface area contributed by atoms with Crippen LogP contribution < -0.4 is 0 Å². The van der Waals surface area contributed by atoms with Crippen molar-refractivity contribution >= 4 is 21.1 Å². The number of hydrogen-bond acceptors (Lipinski definition) is 0. The molecule has 13 heavy (non-hydrogen) atoms. The second kappa shape index (κ2) is 10.8. The van der Waals surface area contributed by atoms with E-state index in [0.717, 1.165) is 5.92 Å². The van der Waals surface area contributed by atoms with Crippen molar-refractivity contribution in [3.05, 3.63) is 0 Å². The van der Waals surface area contributed by atoms with E-state index in [-0.39, 0.29) is 0 Å². The van der Waals surface area contributed by atoms with Gasteiger partial charge in [-0.2, -0.15) is 0 Å². The van der Waals surface area contributed by atoms with Gasteiger partial charge in [-0.1, -0.05) is 20.8 Å². The Labute approximate surface area is 88.2 Å². The molecule has 0 unspecified atom stereocenters. The number of hydrogen-bond donors (Lipinski definition) is 0. The van der Waals surface area contributed by atoms with Crippen LogP contribution in [0.1, 0.15) is 20.8 Å². The van der Waals surface area contributed by atoms with E-state index < -0.39 is 6.89 Å². The van der Waals surface area contributed by atoms with E-state index in [1.54, 1.807) is 0 Å². The van der Waals surface area contributed by atoms with Crippen molar-refractivity contribution < 1.29 is 0 Å². The molecule has 0 bridgehead atoms. The molecule has 0 aromatic rings. The largest absolute Gasteiger partial charge is 0.121 e. The molecule has 0 aliphatic heterocycles. The summed E-state index contributed by atoms with van der Waals surface area (Å²) in [6.45, 7) is 19.1. The summed E-state index contributed by atoms with van der Waals surface area (Å²) in [6, 6.07) is 0. The van der Waals surface area contributed by atoms with Gasteiger partial charge in [0.05, 0.1) is 0 Å². The highest BCUT2D eigenvalue weighted by Gasteiger charge is 1.79. The SMILES string of the molecule is C=P(C)(C)C.CC(C)C.CP(C)C. The monoisotopic (exact) mass is 224 g/mol. The third-order valence-corrected chi connectivity index (χ3v) is 0. The molecule has 0 aromatic heterocycles. The van der Waals surface area contributed by atoms with E-state index in [2.05, 4.69) is 67.1 Å². The van der Waals surface area contributed by atoms with Crippen LogP contribution in [0.2, 0.25) is 0 Å². The fourth-order valence-corrected chi connectivity index (χ4v) is 0. The Kier molecular flexibility index (Phi) is 16.1. The van der Waals surface area contributed by atoms with Crippen LogP contribution in [0.4, 0.5) is 0 Å². The summed E-state index contributed by atoms with van der Waals surface area (Å²) in [5, 5.41) is 0. The maximum Gasteiger partial charge on any atom is -0.0449 e. The zero-order chi connectivity index (χ0) is 11.7. The van der Waals surface area contributed by atoms with E-state index in [9.17, 15) is 0 Å². The molecule has 0 spiro atoms. The van der Waals surface area contributed by atoms with Crippen molar-refractivity contribution in [1.82, 2.24) is 0 Å². The summed E-state index contributed by atoms with van der Waals surface area (Å²) >= 11 is 0. The average Bonchev–Trinajstić information content (AvgIpc) is 1.50. The van der Waals surface area contributed by atoms with Crippen molar-refractivity contribution in [2.45, 2.75) is 20.8 Å². The second-order valence-corrected chi connectivity index (χ2v) is 12.6. The molecule has 0 rings (SSSR count). The minimum atomic E-state index is -0.639. The van der Waals surface area contributed by atoms with Crippen molar-refractivity contribution in [3.63, 3.8) is 0 Å². The van der Waals surface area contributed by atoms with Crippen molar-refractivity contribution in [2.24, 2.45) is 5.92 Å². The third-order valence-electron chi connectivity index (χ3n) is 0. The van der Waals surface area contributed by atoms with Crippen molar-refractivity contribution in [1.29, 1.82) is 0 Å². The molecular weight excluding hydrogens is 194 g/mol. The molecule has 2 heteroatoms. The van der Waals surface area contributed by atoms with Gasteiger partial charge in [-0.3, -0.25) is 0 Å². The van der Waals surface area contributed by atoms with E-state index in [4.69, 9.17) is 0 Å². The molecule has 0 amide bonds. The van der Waals surface area contributed by atoms with Crippen LogP contribution in [-0.4, -0.2) is 46.3 Å². The minimum absolute atomic E-state index is 0.380. The van der Waals surface area contributed by atoms with E-state index >= 15 is 0 Å². The van der Waals surface area contributed by atoms with Crippen LogP contribution in [0.3, 0.4) is 0 Å². The quantitative estimate of drug-likeness (QED) is 0.537. The first-order valence-corrected chi connectivity index (χ1v) is 10.7. The fraction of sp³-hybridized carbons (Fsp3) is 0.909. The Bertz CT molecular complexity index is 100. The third kappa shape index (κ3) is 2750. The lowest BCUT2D eigenvalue weighted by atomic mass is 10.3. The topological polar surface area (TPSA) is 0 Å². The molecule has 0 saturated heterocycles. The first-order chi connectivity index (χ1) is 5.46. The first kappa shape index (κ1) is 19.3.